The van der Waals surface area contributed by atoms with Crippen LogP contribution < -0.4 is 14.8 Å². The minimum absolute atomic E-state index is 0.118. The van der Waals surface area contributed by atoms with Crippen LogP contribution >= 0.6 is 0 Å². The zero-order valence-electron chi connectivity index (χ0n) is 18.0. The summed E-state index contributed by atoms with van der Waals surface area (Å²) in [5.41, 5.74) is 0.107. The number of pyridine rings is 1. The van der Waals surface area contributed by atoms with Gasteiger partial charge in [-0.15, -0.1) is 0 Å². The Bertz CT molecular complexity index is 740. The summed E-state index contributed by atoms with van der Waals surface area (Å²) in [6, 6.07) is 3.65. The van der Waals surface area contributed by atoms with E-state index in [1.807, 2.05) is 26.8 Å². The highest BCUT2D eigenvalue weighted by molar-refractivity contribution is 5.90. The van der Waals surface area contributed by atoms with Crippen molar-refractivity contribution in [1.82, 2.24) is 15.2 Å². The smallest absolute Gasteiger partial charge is 0.414 e. The number of carbonyl (C=O) groups is 2. The highest BCUT2D eigenvalue weighted by atomic mass is 16.6. The number of nitrogens with zero attached hydrogens (tertiary/aromatic N) is 2. The molecule has 3 rings (SSSR count). The van der Waals surface area contributed by atoms with Crippen LogP contribution in [0.2, 0.25) is 0 Å². The second kappa shape index (κ2) is 9.01. The standard InChI is InChI=1S/C22H33N3O4/c1-5-22(6-2,20(26)25(4)7-3)24-21(27)29-18-13-12-17(16-10-11-16)19(23-18)28-14-15-8-9-15/h12-13,15-16H,5-11,14H2,1-4H3,(H,24,27). The van der Waals surface area contributed by atoms with Gasteiger partial charge in [0.05, 0.1) is 6.61 Å². The average Bonchev–Trinajstić information content (AvgIpc) is 3.63. The molecule has 29 heavy (non-hydrogen) atoms. The Hall–Kier alpha value is -2.31. The maximum Gasteiger partial charge on any atom is 0.414 e. The van der Waals surface area contributed by atoms with Gasteiger partial charge in [-0.2, -0.15) is 4.98 Å². The number of amides is 2. The molecule has 2 aliphatic rings. The first-order valence-electron chi connectivity index (χ1n) is 10.8. The highest BCUT2D eigenvalue weighted by Crippen LogP contribution is 2.44. The molecule has 1 N–H and O–H groups in total. The van der Waals surface area contributed by atoms with Crippen molar-refractivity contribution >= 4 is 12.0 Å². The molecular formula is C22H33N3O4. The lowest BCUT2D eigenvalue weighted by Gasteiger charge is -2.34. The van der Waals surface area contributed by atoms with E-state index in [1.54, 1.807) is 18.0 Å². The lowest BCUT2D eigenvalue weighted by atomic mass is 9.91. The average molecular weight is 404 g/mol. The van der Waals surface area contributed by atoms with Gasteiger partial charge in [0.25, 0.3) is 0 Å². The highest BCUT2D eigenvalue weighted by Gasteiger charge is 2.39. The number of likely N-dealkylation sites (N-methyl/N-ethyl adjacent to an activating group) is 1. The third kappa shape index (κ3) is 5.19. The minimum Gasteiger partial charge on any atom is -0.477 e. The molecule has 7 nitrogen and oxygen atoms in total. The van der Waals surface area contributed by atoms with E-state index >= 15 is 0 Å². The predicted molar refractivity (Wildman–Crippen MR) is 110 cm³/mol. The van der Waals surface area contributed by atoms with E-state index in [9.17, 15) is 9.59 Å². The Morgan fingerprint density at radius 3 is 2.41 bits per heavy atom. The van der Waals surface area contributed by atoms with Crippen LogP contribution in [0.4, 0.5) is 4.79 Å². The maximum atomic E-state index is 12.8. The Kier molecular flexibility index (Phi) is 6.65. The molecule has 1 aromatic rings. The monoisotopic (exact) mass is 403 g/mol. The van der Waals surface area contributed by atoms with Gasteiger partial charge in [-0.05, 0) is 63.4 Å². The molecule has 0 spiro atoms. The lowest BCUT2D eigenvalue weighted by Crippen LogP contribution is -2.59. The fraction of sp³-hybridized carbons (Fsp3) is 0.682. The van der Waals surface area contributed by atoms with Crippen LogP contribution in [-0.4, -0.2) is 47.6 Å². The summed E-state index contributed by atoms with van der Waals surface area (Å²) < 4.78 is 11.4. The second-order valence-corrected chi connectivity index (χ2v) is 8.20. The molecule has 0 radical (unpaired) electrons. The fourth-order valence-corrected chi connectivity index (χ4v) is 3.40. The maximum absolute atomic E-state index is 12.8. The number of ether oxygens (including phenoxy) is 2. The summed E-state index contributed by atoms with van der Waals surface area (Å²) in [6.45, 7) is 6.91. The summed E-state index contributed by atoms with van der Waals surface area (Å²) in [5, 5.41) is 2.79. The fourth-order valence-electron chi connectivity index (χ4n) is 3.40. The molecule has 0 aliphatic heterocycles. The van der Waals surface area contributed by atoms with Gasteiger partial charge in [0.1, 0.15) is 5.54 Å². The second-order valence-electron chi connectivity index (χ2n) is 8.20. The molecule has 0 aromatic carbocycles. The Morgan fingerprint density at radius 2 is 1.86 bits per heavy atom. The zero-order chi connectivity index (χ0) is 21.0. The Balaban J connectivity index is 1.69. The molecular weight excluding hydrogens is 370 g/mol. The molecule has 7 heteroatoms. The van der Waals surface area contributed by atoms with Gasteiger partial charge in [-0.1, -0.05) is 13.8 Å². The van der Waals surface area contributed by atoms with Crippen LogP contribution in [0.15, 0.2) is 12.1 Å². The third-order valence-corrected chi connectivity index (χ3v) is 6.01. The largest absolute Gasteiger partial charge is 0.477 e. The first-order chi connectivity index (χ1) is 13.9. The SMILES string of the molecule is CCN(C)C(=O)C(CC)(CC)NC(=O)Oc1ccc(C2CC2)c(OCC2CC2)n1. The molecule has 2 aliphatic carbocycles. The van der Waals surface area contributed by atoms with E-state index in [4.69, 9.17) is 9.47 Å². The molecule has 1 aromatic heterocycles. The van der Waals surface area contributed by atoms with Gasteiger partial charge in [0.2, 0.25) is 17.7 Å². The molecule has 2 amide bonds. The van der Waals surface area contributed by atoms with Gasteiger partial charge in [0, 0.05) is 25.2 Å². The van der Waals surface area contributed by atoms with E-state index in [2.05, 4.69) is 10.3 Å². The Labute approximate surface area is 173 Å². The first-order valence-corrected chi connectivity index (χ1v) is 10.8. The van der Waals surface area contributed by atoms with E-state index in [1.165, 1.54) is 12.8 Å². The molecule has 0 bridgehead atoms. The van der Waals surface area contributed by atoms with Crippen molar-refractivity contribution in [2.75, 3.05) is 20.2 Å². The van der Waals surface area contributed by atoms with Crippen LogP contribution in [0.3, 0.4) is 0 Å². The summed E-state index contributed by atoms with van der Waals surface area (Å²) in [6.07, 6.45) is 4.97. The molecule has 0 saturated heterocycles. The van der Waals surface area contributed by atoms with Gasteiger partial charge in [0.15, 0.2) is 0 Å². The number of aromatic nitrogens is 1. The number of nitrogens with one attached hydrogen (secondary N) is 1. The number of carbonyl (C=O) groups excluding carboxylic acids is 2. The van der Waals surface area contributed by atoms with Crippen LogP contribution in [0.25, 0.3) is 0 Å². The molecule has 0 atom stereocenters. The van der Waals surface area contributed by atoms with Gasteiger partial charge in [-0.25, -0.2) is 4.79 Å². The van der Waals surface area contributed by atoms with E-state index in [0.29, 0.717) is 43.7 Å². The molecule has 160 valence electrons. The van der Waals surface area contributed by atoms with Gasteiger partial charge < -0.3 is 19.7 Å². The molecule has 2 saturated carbocycles. The van der Waals surface area contributed by atoms with Crippen LogP contribution in [0, 0.1) is 5.92 Å². The minimum atomic E-state index is -0.985. The summed E-state index contributed by atoms with van der Waals surface area (Å²) >= 11 is 0. The predicted octanol–water partition coefficient (Wildman–Crippen LogP) is 3.87. The van der Waals surface area contributed by atoms with E-state index in [0.717, 1.165) is 18.4 Å². The van der Waals surface area contributed by atoms with Crippen LogP contribution in [0.5, 0.6) is 11.8 Å². The number of hydrogen-bond donors (Lipinski definition) is 1. The topological polar surface area (TPSA) is 80.8 Å². The summed E-state index contributed by atoms with van der Waals surface area (Å²) in [4.78, 5) is 31.5. The van der Waals surface area contributed by atoms with Crippen molar-refractivity contribution in [2.45, 2.75) is 70.8 Å². The van der Waals surface area contributed by atoms with Crippen LogP contribution in [0.1, 0.15) is 70.8 Å². The lowest BCUT2D eigenvalue weighted by molar-refractivity contribution is -0.137. The molecule has 1 heterocycles. The third-order valence-electron chi connectivity index (χ3n) is 6.01. The number of rotatable bonds is 10. The van der Waals surface area contributed by atoms with Crippen molar-refractivity contribution < 1.29 is 19.1 Å². The van der Waals surface area contributed by atoms with Crippen molar-refractivity contribution in [1.29, 1.82) is 0 Å². The van der Waals surface area contributed by atoms with E-state index < -0.39 is 11.6 Å². The van der Waals surface area contributed by atoms with Gasteiger partial charge in [-0.3, -0.25) is 4.79 Å². The quantitative estimate of drug-likeness (QED) is 0.641. The van der Waals surface area contributed by atoms with Crippen molar-refractivity contribution in [3.63, 3.8) is 0 Å². The van der Waals surface area contributed by atoms with E-state index in [-0.39, 0.29) is 11.8 Å². The molecule has 0 unspecified atom stereocenters. The van der Waals surface area contributed by atoms with Crippen molar-refractivity contribution in [2.24, 2.45) is 5.92 Å². The normalized spacial score (nSPS) is 16.3. The molecule has 2 fully saturated rings. The summed E-state index contributed by atoms with van der Waals surface area (Å²) in [7, 11) is 1.73. The number of hydrogen-bond acceptors (Lipinski definition) is 5. The Morgan fingerprint density at radius 1 is 1.17 bits per heavy atom. The first kappa shape index (κ1) is 21.4. The summed E-state index contributed by atoms with van der Waals surface area (Å²) in [5.74, 6) is 1.76. The van der Waals surface area contributed by atoms with Crippen molar-refractivity contribution in [3.05, 3.63) is 17.7 Å². The van der Waals surface area contributed by atoms with Crippen molar-refractivity contribution in [3.8, 4) is 11.8 Å². The van der Waals surface area contributed by atoms with Crippen LogP contribution in [-0.2, 0) is 4.79 Å². The zero-order valence-corrected chi connectivity index (χ0v) is 18.0. The van der Waals surface area contributed by atoms with Gasteiger partial charge >= 0.3 is 6.09 Å².